The highest BCUT2D eigenvalue weighted by atomic mass is 35.5. The predicted molar refractivity (Wildman–Crippen MR) is 152 cm³/mol. The van der Waals surface area contributed by atoms with Crippen molar-refractivity contribution in [3.8, 4) is 5.75 Å². The summed E-state index contributed by atoms with van der Waals surface area (Å²) in [7, 11) is 0. The van der Waals surface area contributed by atoms with Crippen LogP contribution >= 0.6 is 11.6 Å². The van der Waals surface area contributed by atoms with Crippen LogP contribution in [-0.4, -0.2) is 40.7 Å². The van der Waals surface area contributed by atoms with Gasteiger partial charge in [-0.1, -0.05) is 54.1 Å². The molecule has 37 heavy (non-hydrogen) atoms. The largest absolute Gasteiger partial charge is 0.487 e. The van der Waals surface area contributed by atoms with Gasteiger partial charge in [0.15, 0.2) is 0 Å². The third-order valence-electron chi connectivity index (χ3n) is 8.07. The van der Waals surface area contributed by atoms with E-state index in [9.17, 15) is 5.11 Å². The number of hydrogen-bond acceptors (Lipinski definition) is 4. The summed E-state index contributed by atoms with van der Waals surface area (Å²) < 4.78 is 6.16. The molecular formula is C32H35ClN2O2. The Bertz CT molecular complexity index is 1300. The molecule has 0 saturated carbocycles. The van der Waals surface area contributed by atoms with Gasteiger partial charge < -0.3 is 14.7 Å². The predicted octanol–water partition coefficient (Wildman–Crippen LogP) is 6.90. The summed E-state index contributed by atoms with van der Waals surface area (Å²) in [6, 6.07) is 18.5. The summed E-state index contributed by atoms with van der Waals surface area (Å²) in [6.07, 6.45) is 6.53. The molecule has 3 heterocycles. The van der Waals surface area contributed by atoms with Crippen LogP contribution in [0.1, 0.15) is 61.1 Å². The van der Waals surface area contributed by atoms with E-state index in [2.05, 4.69) is 58.9 Å². The van der Waals surface area contributed by atoms with Crippen LogP contribution in [0, 0.1) is 0 Å². The van der Waals surface area contributed by atoms with Crippen LogP contribution in [0.3, 0.4) is 0 Å². The van der Waals surface area contributed by atoms with Gasteiger partial charge in [-0.15, -0.1) is 0 Å². The second-order valence-corrected chi connectivity index (χ2v) is 10.8. The van der Waals surface area contributed by atoms with Crippen LogP contribution in [0.25, 0.3) is 11.1 Å². The van der Waals surface area contributed by atoms with Crippen molar-refractivity contribution >= 4 is 22.7 Å². The summed E-state index contributed by atoms with van der Waals surface area (Å²) in [6.45, 7) is 11.4. The monoisotopic (exact) mass is 514 g/mol. The smallest absolute Gasteiger partial charge is 0.131 e. The quantitative estimate of drug-likeness (QED) is 0.388. The molecule has 1 unspecified atom stereocenters. The summed E-state index contributed by atoms with van der Waals surface area (Å²) in [5.41, 5.74) is 7.49. The van der Waals surface area contributed by atoms with Crippen LogP contribution < -0.4 is 4.74 Å². The van der Waals surface area contributed by atoms with Crippen molar-refractivity contribution in [1.82, 2.24) is 9.88 Å². The number of hydrogen-bond donors (Lipinski definition) is 1. The molecule has 1 aromatic heterocycles. The van der Waals surface area contributed by atoms with Crippen LogP contribution in [0.2, 0.25) is 5.02 Å². The zero-order chi connectivity index (χ0) is 26.0. The van der Waals surface area contributed by atoms with Gasteiger partial charge in [0.25, 0.3) is 0 Å². The number of rotatable bonds is 6. The maximum absolute atomic E-state index is 10.8. The molecule has 1 fully saturated rings. The molecule has 4 nitrogen and oxygen atoms in total. The average Bonchev–Trinajstić information content (AvgIpc) is 3.06. The van der Waals surface area contributed by atoms with Gasteiger partial charge in [0.2, 0.25) is 0 Å². The number of allylic oxidation sites excluding steroid dienone is 1. The Morgan fingerprint density at radius 1 is 1.16 bits per heavy atom. The molecule has 0 bridgehead atoms. The number of benzene rings is 2. The SMILES string of the molecule is C=C(C)c1ccc2c(c1)/C(=C\CCN1CCC(c3ccc(Cl)cc3)(C(C)O)CC1)c1cccnc1CO2. The van der Waals surface area contributed by atoms with Crippen LogP contribution in [-0.2, 0) is 12.0 Å². The van der Waals surface area contributed by atoms with E-state index in [-0.39, 0.29) is 5.41 Å². The van der Waals surface area contributed by atoms with E-state index in [4.69, 9.17) is 16.3 Å². The Morgan fingerprint density at radius 2 is 1.92 bits per heavy atom. The van der Waals surface area contributed by atoms with Crippen LogP contribution in [0.4, 0.5) is 0 Å². The summed E-state index contributed by atoms with van der Waals surface area (Å²) in [4.78, 5) is 7.12. The molecular weight excluding hydrogens is 480 g/mol. The highest BCUT2D eigenvalue weighted by molar-refractivity contribution is 6.30. The third kappa shape index (κ3) is 5.24. The number of aromatic nitrogens is 1. The van der Waals surface area contributed by atoms with Gasteiger partial charge in [0, 0.05) is 34.3 Å². The van der Waals surface area contributed by atoms with Crippen molar-refractivity contribution in [1.29, 1.82) is 0 Å². The molecule has 1 N–H and O–H groups in total. The molecule has 1 atom stereocenters. The zero-order valence-electron chi connectivity index (χ0n) is 21.7. The van der Waals surface area contributed by atoms with E-state index in [0.29, 0.717) is 6.61 Å². The minimum Gasteiger partial charge on any atom is -0.487 e. The van der Waals surface area contributed by atoms with Crippen molar-refractivity contribution in [3.05, 3.63) is 106 Å². The lowest BCUT2D eigenvalue weighted by Crippen LogP contribution is -2.48. The number of aliphatic hydroxyl groups is 1. The first-order valence-electron chi connectivity index (χ1n) is 13.1. The van der Waals surface area contributed by atoms with Crippen LogP contribution in [0.15, 0.2) is 73.4 Å². The van der Waals surface area contributed by atoms with Crippen LogP contribution in [0.5, 0.6) is 5.75 Å². The topological polar surface area (TPSA) is 45.6 Å². The van der Waals surface area contributed by atoms with Crippen molar-refractivity contribution < 1.29 is 9.84 Å². The molecule has 0 amide bonds. The molecule has 0 spiro atoms. The zero-order valence-corrected chi connectivity index (χ0v) is 22.5. The first-order valence-corrected chi connectivity index (χ1v) is 13.5. The molecule has 192 valence electrons. The summed E-state index contributed by atoms with van der Waals surface area (Å²) >= 11 is 6.13. The van der Waals surface area contributed by atoms with Crippen molar-refractivity contribution in [2.24, 2.45) is 0 Å². The summed E-state index contributed by atoms with van der Waals surface area (Å²) in [5, 5.41) is 11.5. The fourth-order valence-corrected chi connectivity index (χ4v) is 5.86. The fourth-order valence-electron chi connectivity index (χ4n) is 5.74. The van der Waals surface area contributed by atoms with E-state index < -0.39 is 6.10 Å². The van der Waals surface area contributed by atoms with Crippen molar-refractivity contribution in [2.45, 2.75) is 51.2 Å². The minimum absolute atomic E-state index is 0.222. The Balaban J connectivity index is 1.35. The maximum atomic E-state index is 10.8. The fraction of sp³-hybridized carbons (Fsp3) is 0.344. The average molecular weight is 515 g/mol. The number of likely N-dealkylation sites (tertiary alicyclic amines) is 1. The molecule has 2 aliphatic heterocycles. The van der Waals surface area contributed by atoms with Gasteiger partial charge in [-0.25, -0.2) is 0 Å². The number of piperidine rings is 1. The number of ether oxygens (including phenoxy) is 1. The molecule has 5 heteroatoms. The lowest BCUT2D eigenvalue weighted by atomic mass is 9.69. The van der Waals surface area contributed by atoms with Gasteiger partial charge in [-0.2, -0.15) is 0 Å². The Labute approximate surface area is 225 Å². The molecule has 3 aromatic rings. The van der Waals surface area contributed by atoms with E-state index in [1.807, 2.05) is 38.2 Å². The first-order chi connectivity index (χ1) is 17.9. The highest BCUT2D eigenvalue weighted by Crippen LogP contribution is 2.40. The Kier molecular flexibility index (Phi) is 7.52. The first kappa shape index (κ1) is 25.7. The van der Waals surface area contributed by atoms with E-state index in [1.54, 1.807) is 0 Å². The standard InChI is InChI=1S/C32H35ClN2O2/c1-22(2)24-8-13-31-29(20-24)27(28-6-4-16-34-30(28)21-37-31)7-5-17-35-18-14-32(15-19-35,23(3)36)25-9-11-26(33)12-10-25/h4,6-13,16,20,23,36H,1,5,14-15,17-19,21H2,2-3H3/b27-7-. The molecule has 0 aliphatic carbocycles. The maximum Gasteiger partial charge on any atom is 0.131 e. The highest BCUT2D eigenvalue weighted by Gasteiger charge is 2.40. The molecule has 2 aromatic carbocycles. The Morgan fingerprint density at radius 3 is 2.62 bits per heavy atom. The van der Waals surface area contributed by atoms with E-state index >= 15 is 0 Å². The van der Waals surface area contributed by atoms with Gasteiger partial charge in [-0.05, 0) is 93.2 Å². The number of fused-ring (bicyclic) bond motifs is 2. The number of halogens is 1. The Hall–Kier alpha value is -2.92. The number of aliphatic hydroxyl groups excluding tert-OH is 1. The lowest BCUT2D eigenvalue weighted by molar-refractivity contribution is 0.0423. The van der Waals surface area contributed by atoms with Gasteiger partial charge in [0.1, 0.15) is 12.4 Å². The minimum atomic E-state index is -0.410. The number of pyridine rings is 1. The van der Waals surface area contributed by atoms with Gasteiger partial charge in [-0.3, -0.25) is 4.98 Å². The normalized spacial score (nSPS) is 18.9. The summed E-state index contributed by atoms with van der Waals surface area (Å²) in [5.74, 6) is 0.886. The van der Waals surface area contributed by atoms with Crippen molar-refractivity contribution in [3.63, 3.8) is 0 Å². The second kappa shape index (κ2) is 10.8. The second-order valence-electron chi connectivity index (χ2n) is 10.4. The number of nitrogens with zero attached hydrogens (tertiary/aromatic N) is 2. The molecule has 5 rings (SSSR count). The van der Waals surface area contributed by atoms with Gasteiger partial charge >= 0.3 is 0 Å². The van der Waals surface area contributed by atoms with Gasteiger partial charge in [0.05, 0.1) is 11.8 Å². The molecule has 2 aliphatic rings. The lowest BCUT2D eigenvalue weighted by Gasteiger charge is -2.44. The van der Waals surface area contributed by atoms with E-state index in [1.165, 1.54) is 11.1 Å². The van der Waals surface area contributed by atoms with Crippen molar-refractivity contribution in [2.75, 3.05) is 19.6 Å². The van der Waals surface area contributed by atoms with E-state index in [0.717, 1.165) is 77.6 Å². The molecule has 1 saturated heterocycles. The molecule has 0 radical (unpaired) electrons. The third-order valence-corrected chi connectivity index (χ3v) is 8.32.